The summed E-state index contributed by atoms with van der Waals surface area (Å²) in [6.07, 6.45) is 1.86. The minimum atomic E-state index is -3.60. The number of fused-ring (bicyclic) bond motifs is 1. The molecule has 0 N–H and O–H groups in total. The van der Waals surface area contributed by atoms with E-state index in [1.165, 1.54) is 11.3 Å². The largest absolute Gasteiger partial charge is 0.340 e. The third-order valence-corrected chi connectivity index (χ3v) is 9.80. The second-order valence-corrected chi connectivity index (χ2v) is 11.5. The number of hydrogen-bond donors (Lipinski definition) is 0. The molecule has 8 heteroatoms. The van der Waals surface area contributed by atoms with Crippen LogP contribution in [0.3, 0.4) is 0 Å². The van der Waals surface area contributed by atoms with E-state index in [4.69, 9.17) is 0 Å². The van der Waals surface area contributed by atoms with Crippen molar-refractivity contribution in [2.24, 2.45) is 0 Å². The minimum absolute atomic E-state index is 0.120. The van der Waals surface area contributed by atoms with Gasteiger partial charge < -0.3 is 9.80 Å². The summed E-state index contributed by atoms with van der Waals surface area (Å²) in [5.74, 6) is 0.120. The van der Waals surface area contributed by atoms with E-state index in [2.05, 4.69) is 17.0 Å². The van der Waals surface area contributed by atoms with Gasteiger partial charge >= 0.3 is 0 Å². The summed E-state index contributed by atoms with van der Waals surface area (Å²) >= 11 is 1.25. The predicted octanol–water partition coefficient (Wildman–Crippen LogP) is 2.63. The lowest BCUT2D eigenvalue weighted by Crippen LogP contribution is -2.51. The SMILES string of the molecule is CN(C)CCN1CC2N(S(=O)(=O)c3cccs3)CCC2(c2ccccc2)CCC1=O. The Kier molecular flexibility index (Phi) is 6.03. The van der Waals surface area contributed by atoms with Crippen LogP contribution in [-0.4, -0.2) is 74.7 Å². The molecule has 3 heterocycles. The Morgan fingerprint density at radius 3 is 2.57 bits per heavy atom. The van der Waals surface area contributed by atoms with E-state index in [1.54, 1.807) is 21.8 Å². The predicted molar refractivity (Wildman–Crippen MR) is 119 cm³/mol. The monoisotopic (exact) mass is 447 g/mol. The number of carbonyl (C=O) groups excluding carboxylic acids is 1. The molecule has 0 bridgehead atoms. The zero-order valence-corrected chi connectivity index (χ0v) is 19.2. The maximum absolute atomic E-state index is 13.5. The van der Waals surface area contributed by atoms with Crippen molar-refractivity contribution in [3.8, 4) is 0 Å². The van der Waals surface area contributed by atoms with Crippen LogP contribution in [0.2, 0.25) is 0 Å². The van der Waals surface area contributed by atoms with Gasteiger partial charge in [0, 0.05) is 38.0 Å². The van der Waals surface area contributed by atoms with Gasteiger partial charge in [-0.1, -0.05) is 36.4 Å². The molecular formula is C22H29N3O3S2. The van der Waals surface area contributed by atoms with Gasteiger partial charge in [-0.05, 0) is 43.9 Å². The van der Waals surface area contributed by atoms with Crippen LogP contribution in [0.4, 0.5) is 0 Å². The van der Waals surface area contributed by atoms with Gasteiger partial charge in [0.25, 0.3) is 10.0 Å². The van der Waals surface area contributed by atoms with E-state index in [0.29, 0.717) is 36.7 Å². The van der Waals surface area contributed by atoms with Crippen LogP contribution < -0.4 is 0 Å². The van der Waals surface area contributed by atoms with Crippen LogP contribution in [0.5, 0.6) is 0 Å². The molecule has 2 unspecified atom stereocenters. The Morgan fingerprint density at radius 1 is 1.13 bits per heavy atom. The van der Waals surface area contributed by atoms with Crippen molar-refractivity contribution < 1.29 is 13.2 Å². The minimum Gasteiger partial charge on any atom is -0.340 e. The van der Waals surface area contributed by atoms with Gasteiger partial charge in [0.2, 0.25) is 5.91 Å². The maximum Gasteiger partial charge on any atom is 0.252 e. The molecule has 4 rings (SSSR count). The molecule has 2 aliphatic heterocycles. The van der Waals surface area contributed by atoms with Gasteiger partial charge in [0.15, 0.2) is 0 Å². The van der Waals surface area contributed by atoms with Crippen LogP contribution in [0.15, 0.2) is 52.1 Å². The topological polar surface area (TPSA) is 60.9 Å². The third kappa shape index (κ3) is 3.82. The summed E-state index contributed by atoms with van der Waals surface area (Å²) in [5.41, 5.74) is 0.801. The molecule has 6 nitrogen and oxygen atoms in total. The van der Waals surface area contributed by atoms with Gasteiger partial charge in [-0.3, -0.25) is 4.79 Å². The van der Waals surface area contributed by atoms with Gasteiger partial charge in [0.05, 0.1) is 6.04 Å². The molecule has 2 saturated heterocycles. The summed E-state index contributed by atoms with van der Waals surface area (Å²) in [5, 5.41) is 1.80. The molecule has 1 aromatic carbocycles. The van der Waals surface area contributed by atoms with E-state index in [1.807, 2.05) is 37.2 Å². The third-order valence-electron chi connectivity index (χ3n) is 6.52. The quantitative estimate of drug-likeness (QED) is 0.683. The molecule has 0 radical (unpaired) electrons. The second-order valence-electron chi connectivity index (χ2n) is 8.48. The summed E-state index contributed by atoms with van der Waals surface area (Å²) in [7, 11) is 0.375. The molecule has 0 spiro atoms. The fourth-order valence-corrected chi connectivity index (χ4v) is 7.67. The van der Waals surface area contributed by atoms with Crippen LogP contribution in [0, 0.1) is 0 Å². The number of rotatable bonds is 6. The lowest BCUT2D eigenvalue weighted by Gasteiger charge is -2.38. The van der Waals surface area contributed by atoms with Crippen LogP contribution in [0.1, 0.15) is 24.8 Å². The fourth-order valence-electron chi connectivity index (χ4n) is 4.87. The lowest BCUT2D eigenvalue weighted by molar-refractivity contribution is -0.131. The highest BCUT2D eigenvalue weighted by Crippen LogP contribution is 2.47. The number of amides is 1. The second kappa shape index (κ2) is 8.42. The van der Waals surface area contributed by atoms with Crippen molar-refractivity contribution in [3.05, 3.63) is 53.4 Å². The Bertz CT molecular complexity index is 976. The number of likely N-dealkylation sites (tertiary alicyclic amines) is 1. The first-order valence-electron chi connectivity index (χ1n) is 10.4. The van der Waals surface area contributed by atoms with E-state index in [0.717, 1.165) is 18.5 Å². The van der Waals surface area contributed by atoms with Gasteiger partial charge in [0.1, 0.15) is 4.21 Å². The number of nitrogens with zero attached hydrogens (tertiary/aromatic N) is 3. The standard InChI is InChI=1S/C22H29N3O3S2/c1-23(2)14-15-24-17-19-22(11-10-20(24)26,18-7-4-3-5-8-18)12-13-25(19)30(27,28)21-9-6-16-29-21/h3-9,16,19H,10-15,17H2,1-2H3. The highest BCUT2D eigenvalue weighted by atomic mass is 32.2. The van der Waals surface area contributed by atoms with Crippen LogP contribution in [0.25, 0.3) is 0 Å². The summed E-state index contributed by atoms with van der Waals surface area (Å²) < 4.78 is 29.1. The summed E-state index contributed by atoms with van der Waals surface area (Å²) in [4.78, 5) is 16.9. The highest BCUT2D eigenvalue weighted by molar-refractivity contribution is 7.91. The molecule has 1 aromatic heterocycles. The zero-order valence-electron chi connectivity index (χ0n) is 17.5. The highest BCUT2D eigenvalue weighted by Gasteiger charge is 2.54. The molecule has 30 heavy (non-hydrogen) atoms. The van der Waals surface area contributed by atoms with E-state index in [9.17, 15) is 13.2 Å². The molecule has 2 aliphatic rings. The zero-order chi connectivity index (χ0) is 21.4. The van der Waals surface area contributed by atoms with Crippen molar-refractivity contribution >= 4 is 27.3 Å². The molecule has 2 fully saturated rings. The molecule has 0 saturated carbocycles. The van der Waals surface area contributed by atoms with E-state index >= 15 is 0 Å². The van der Waals surface area contributed by atoms with E-state index < -0.39 is 10.0 Å². The Hall–Kier alpha value is -1.74. The number of sulfonamides is 1. The van der Waals surface area contributed by atoms with E-state index in [-0.39, 0.29) is 17.4 Å². The van der Waals surface area contributed by atoms with Gasteiger partial charge in [-0.2, -0.15) is 4.31 Å². The van der Waals surface area contributed by atoms with Crippen molar-refractivity contribution in [3.63, 3.8) is 0 Å². The fraction of sp³-hybridized carbons (Fsp3) is 0.500. The van der Waals surface area contributed by atoms with Crippen molar-refractivity contribution in [2.45, 2.75) is 34.9 Å². The average Bonchev–Trinajstić information content (AvgIpc) is 3.37. The number of carbonyl (C=O) groups is 1. The van der Waals surface area contributed by atoms with Gasteiger partial charge in [-0.15, -0.1) is 11.3 Å². The van der Waals surface area contributed by atoms with Crippen LogP contribution >= 0.6 is 11.3 Å². The number of likely N-dealkylation sites (N-methyl/N-ethyl adjacent to an activating group) is 1. The average molecular weight is 448 g/mol. The normalized spacial score (nSPS) is 25.5. The molecule has 0 aliphatic carbocycles. The lowest BCUT2D eigenvalue weighted by atomic mass is 9.71. The molecule has 2 atom stereocenters. The molecule has 2 aromatic rings. The molecule has 1 amide bonds. The van der Waals surface area contributed by atoms with Crippen molar-refractivity contribution in [1.82, 2.24) is 14.1 Å². The first-order valence-corrected chi connectivity index (χ1v) is 12.7. The number of thiophene rings is 1. The Morgan fingerprint density at radius 2 is 1.90 bits per heavy atom. The maximum atomic E-state index is 13.5. The Labute approximate surface area is 183 Å². The van der Waals surface area contributed by atoms with Crippen LogP contribution in [-0.2, 0) is 20.2 Å². The summed E-state index contributed by atoms with van der Waals surface area (Å²) in [6.45, 7) is 2.29. The summed E-state index contributed by atoms with van der Waals surface area (Å²) in [6, 6.07) is 13.4. The molecule has 162 valence electrons. The number of benzene rings is 1. The smallest absolute Gasteiger partial charge is 0.252 e. The number of hydrogen-bond acceptors (Lipinski definition) is 5. The Balaban J connectivity index is 1.76. The van der Waals surface area contributed by atoms with Gasteiger partial charge in [-0.25, -0.2) is 8.42 Å². The molecular weight excluding hydrogens is 418 g/mol. The van der Waals surface area contributed by atoms with Crippen molar-refractivity contribution in [2.75, 3.05) is 40.3 Å². The first-order chi connectivity index (χ1) is 14.3. The van der Waals surface area contributed by atoms with Crippen molar-refractivity contribution in [1.29, 1.82) is 0 Å². The first kappa shape index (κ1) is 21.5.